The van der Waals surface area contributed by atoms with Gasteiger partial charge in [0, 0.05) is 12.1 Å². The molecule has 2 bridgehead atoms. The second kappa shape index (κ2) is 6.38. The first-order valence-corrected chi connectivity index (χ1v) is 9.39. The molecule has 0 radical (unpaired) electrons. The molecule has 3 rings (SSSR count). The Balaban J connectivity index is 1.48. The molecule has 0 heterocycles. The lowest BCUT2D eigenvalue weighted by Gasteiger charge is -2.32. The molecule has 3 aliphatic rings. The minimum atomic E-state index is 0.769. The maximum Gasteiger partial charge on any atom is 0.00723 e. The molecular formula is C19H35N. The molecule has 0 saturated heterocycles. The van der Waals surface area contributed by atoms with E-state index in [-0.39, 0.29) is 0 Å². The van der Waals surface area contributed by atoms with Crippen LogP contribution in [0, 0.1) is 29.6 Å². The molecule has 1 heteroatoms. The summed E-state index contributed by atoms with van der Waals surface area (Å²) in [6.07, 6.45) is 13.4. The van der Waals surface area contributed by atoms with Crippen LogP contribution in [0.15, 0.2) is 0 Å². The summed E-state index contributed by atoms with van der Waals surface area (Å²) in [5.74, 6) is 5.03. The van der Waals surface area contributed by atoms with Crippen molar-refractivity contribution in [1.29, 1.82) is 0 Å². The molecule has 3 aliphatic carbocycles. The van der Waals surface area contributed by atoms with Gasteiger partial charge in [0.25, 0.3) is 0 Å². The molecule has 0 aromatic carbocycles. The van der Waals surface area contributed by atoms with Gasteiger partial charge in [-0.2, -0.15) is 0 Å². The van der Waals surface area contributed by atoms with E-state index in [1.165, 1.54) is 51.4 Å². The van der Waals surface area contributed by atoms with Crippen molar-refractivity contribution in [1.82, 2.24) is 5.32 Å². The molecule has 3 saturated carbocycles. The molecular weight excluding hydrogens is 242 g/mol. The number of hydrogen-bond donors (Lipinski definition) is 1. The van der Waals surface area contributed by atoms with Gasteiger partial charge >= 0.3 is 0 Å². The molecule has 0 aromatic heterocycles. The summed E-state index contributed by atoms with van der Waals surface area (Å²) in [6, 6.07) is 1.58. The van der Waals surface area contributed by atoms with Crippen LogP contribution in [-0.4, -0.2) is 12.1 Å². The van der Waals surface area contributed by atoms with E-state index in [0.717, 1.165) is 41.7 Å². The van der Waals surface area contributed by atoms with Crippen LogP contribution in [0.1, 0.15) is 78.6 Å². The quantitative estimate of drug-likeness (QED) is 0.713. The Morgan fingerprint density at radius 3 is 2.35 bits per heavy atom. The maximum atomic E-state index is 4.05. The van der Waals surface area contributed by atoms with Crippen LogP contribution in [0.3, 0.4) is 0 Å². The van der Waals surface area contributed by atoms with Gasteiger partial charge in [0.15, 0.2) is 0 Å². The first-order chi connectivity index (χ1) is 9.63. The largest absolute Gasteiger partial charge is 0.311 e. The van der Waals surface area contributed by atoms with Gasteiger partial charge in [-0.05, 0) is 75.0 Å². The van der Waals surface area contributed by atoms with Crippen LogP contribution in [-0.2, 0) is 0 Å². The lowest BCUT2D eigenvalue weighted by atomic mass is 9.83. The number of hydrogen-bond acceptors (Lipinski definition) is 1. The molecule has 1 N–H and O–H groups in total. The molecule has 6 atom stereocenters. The molecule has 116 valence electrons. The molecule has 3 fully saturated rings. The highest BCUT2D eigenvalue weighted by Crippen LogP contribution is 2.49. The van der Waals surface area contributed by atoms with Gasteiger partial charge in [-0.25, -0.2) is 0 Å². The maximum absolute atomic E-state index is 4.05. The van der Waals surface area contributed by atoms with Crippen LogP contribution >= 0.6 is 0 Å². The van der Waals surface area contributed by atoms with Crippen molar-refractivity contribution in [2.45, 2.75) is 90.6 Å². The van der Waals surface area contributed by atoms with Gasteiger partial charge in [0.1, 0.15) is 0 Å². The highest BCUT2D eigenvalue weighted by Gasteiger charge is 2.42. The van der Waals surface area contributed by atoms with Gasteiger partial charge in [0.05, 0.1) is 0 Å². The third-order valence-corrected chi connectivity index (χ3v) is 6.89. The molecule has 0 amide bonds. The van der Waals surface area contributed by atoms with Crippen molar-refractivity contribution < 1.29 is 0 Å². The molecule has 0 aromatic rings. The Morgan fingerprint density at radius 2 is 1.70 bits per heavy atom. The van der Waals surface area contributed by atoms with Gasteiger partial charge in [-0.15, -0.1) is 0 Å². The average molecular weight is 277 g/mol. The van der Waals surface area contributed by atoms with Gasteiger partial charge in [0.2, 0.25) is 0 Å². The normalized spacial score (nSPS) is 42.9. The monoisotopic (exact) mass is 277 g/mol. The zero-order valence-electron chi connectivity index (χ0n) is 13.9. The number of fused-ring (bicyclic) bond motifs is 2. The summed E-state index contributed by atoms with van der Waals surface area (Å²) in [6.45, 7) is 7.31. The van der Waals surface area contributed by atoms with E-state index in [9.17, 15) is 0 Å². The molecule has 0 spiro atoms. The SMILES string of the molecule is CC(C)C1CCCC(NC(C)C2CC3CCC2C3)CC1. The van der Waals surface area contributed by atoms with Crippen molar-refractivity contribution in [3.63, 3.8) is 0 Å². The number of nitrogens with one attached hydrogen (secondary N) is 1. The van der Waals surface area contributed by atoms with E-state index in [1.807, 2.05) is 0 Å². The Labute approximate surface area is 126 Å². The summed E-state index contributed by atoms with van der Waals surface area (Å²) in [4.78, 5) is 0. The highest BCUT2D eigenvalue weighted by molar-refractivity contribution is 4.95. The summed E-state index contributed by atoms with van der Waals surface area (Å²) in [7, 11) is 0. The topological polar surface area (TPSA) is 12.0 Å². The van der Waals surface area contributed by atoms with Crippen molar-refractivity contribution in [2.75, 3.05) is 0 Å². The van der Waals surface area contributed by atoms with Crippen LogP contribution in [0.4, 0.5) is 0 Å². The Kier molecular flexibility index (Phi) is 4.75. The summed E-state index contributed by atoms with van der Waals surface area (Å²) in [5.41, 5.74) is 0. The van der Waals surface area contributed by atoms with Crippen molar-refractivity contribution in [3.05, 3.63) is 0 Å². The first-order valence-electron chi connectivity index (χ1n) is 9.39. The van der Waals surface area contributed by atoms with Crippen molar-refractivity contribution in [2.24, 2.45) is 29.6 Å². The predicted molar refractivity (Wildman–Crippen MR) is 86.7 cm³/mol. The van der Waals surface area contributed by atoms with Crippen molar-refractivity contribution >= 4 is 0 Å². The fraction of sp³-hybridized carbons (Fsp3) is 1.00. The minimum Gasteiger partial charge on any atom is -0.311 e. The lowest BCUT2D eigenvalue weighted by Crippen LogP contribution is -2.42. The second-order valence-corrected chi connectivity index (χ2v) is 8.50. The van der Waals surface area contributed by atoms with Crippen LogP contribution in [0.2, 0.25) is 0 Å². The second-order valence-electron chi connectivity index (χ2n) is 8.50. The highest BCUT2D eigenvalue weighted by atomic mass is 15.0. The number of rotatable bonds is 4. The lowest BCUT2D eigenvalue weighted by molar-refractivity contribution is 0.237. The van der Waals surface area contributed by atoms with Gasteiger partial charge in [-0.3, -0.25) is 0 Å². The van der Waals surface area contributed by atoms with E-state index in [1.54, 1.807) is 6.42 Å². The fourth-order valence-corrected chi connectivity index (χ4v) is 5.57. The van der Waals surface area contributed by atoms with Gasteiger partial charge in [-0.1, -0.05) is 33.1 Å². The van der Waals surface area contributed by atoms with E-state index in [0.29, 0.717) is 0 Å². The molecule has 6 unspecified atom stereocenters. The van der Waals surface area contributed by atoms with Crippen molar-refractivity contribution in [3.8, 4) is 0 Å². The summed E-state index contributed by atoms with van der Waals surface area (Å²) in [5, 5.41) is 4.05. The zero-order valence-corrected chi connectivity index (χ0v) is 13.9. The Morgan fingerprint density at radius 1 is 0.850 bits per heavy atom. The third-order valence-electron chi connectivity index (χ3n) is 6.89. The van der Waals surface area contributed by atoms with E-state index in [2.05, 4.69) is 26.1 Å². The van der Waals surface area contributed by atoms with Crippen LogP contribution in [0.25, 0.3) is 0 Å². The molecule has 20 heavy (non-hydrogen) atoms. The average Bonchev–Trinajstić information content (AvgIpc) is 2.97. The predicted octanol–water partition coefficient (Wildman–Crippen LogP) is 5.01. The summed E-state index contributed by atoms with van der Waals surface area (Å²) >= 11 is 0. The molecule has 1 nitrogen and oxygen atoms in total. The molecule has 0 aliphatic heterocycles. The minimum absolute atomic E-state index is 0.769. The standard InChI is InChI=1S/C19H35N/c1-13(2)16-5-4-6-18(10-9-16)20-14(3)19-12-15-7-8-17(19)11-15/h13-20H,4-12H2,1-3H3. The van der Waals surface area contributed by atoms with E-state index < -0.39 is 0 Å². The van der Waals surface area contributed by atoms with Crippen LogP contribution in [0.5, 0.6) is 0 Å². The van der Waals surface area contributed by atoms with E-state index >= 15 is 0 Å². The third kappa shape index (κ3) is 3.24. The van der Waals surface area contributed by atoms with Gasteiger partial charge < -0.3 is 5.32 Å². The fourth-order valence-electron chi connectivity index (χ4n) is 5.57. The first kappa shape index (κ1) is 14.9. The zero-order chi connectivity index (χ0) is 14.1. The van der Waals surface area contributed by atoms with Crippen LogP contribution < -0.4 is 5.32 Å². The Hall–Kier alpha value is -0.0400. The summed E-state index contributed by atoms with van der Waals surface area (Å²) < 4.78 is 0. The smallest absolute Gasteiger partial charge is 0.00723 e. The Bertz CT molecular complexity index is 311. The van der Waals surface area contributed by atoms with E-state index in [4.69, 9.17) is 0 Å².